The number of fused-ring (bicyclic) bond motifs is 3. The van der Waals surface area contributed by atoms with E-state index in [4.69, 9.17) is 9.15 Å². The number of hydrogen-bond acceptors (Lipinski definition) is 5. The summed E-state index contributed by atoms with van der Waals surface area (Å²) < 4.78 is 10.9. The molecule has 0 saturated carbocycles. The van der Waals surface area contributed by atoms with E-state index in [2.05, 4.69) is 0 Å². The maximum Gasteiger partial charge on any atom is 0.344 e. The molecule has 0 amide bonds. The van der Waals surface area contributed by atoms with Crippen LogP contribution in [0.4, 0.5) is 5.69 Å². The van der Waals surface area contributed by atoms with E-state index in [1.807, 2.05) is 30.3 Å². The van der Waals surface area contributed by atoms with Crippen molar-refractivity contribution < 1.29 is 14.1 Å². The van der Waals surface area contributed by atoms with Crippen molar-refractivity contribution in [3.05, 3.63) is 81.2 Å². The van der Waals surface area contributed by atoms with E-state index in [1.54, 1.807) is 18.2 Å². The van der Waals surface area contributed by atoms with Crippen molar-refractivity contribution in [2.24, 2.45) is 0 Å². The zero-order chi connectivity index (χ0) is 18.3. The molecule has 1 heterocycles. The van der Waals surface area contributed by atoms with Crippen molar-refractivity contribution in [1.29, 1.82) is 0 Å². The smallest absolute Gasteiger partial charge is 0.344 e. The van der Waals surface area contributed by atoms with E-state index < -0.39 is 10.5 Å². The molecule has 1 aromatic heterocycles. The molecule has 3 aromatic carbocycles. The second-order valence-electron chi connectivity index (χ2n) is 5.79. The Morgan fingerprint density at radius 2 is 1.73 bits per heavy atom. The van der Waals surface area contributed by atoms with Crippen LogP contribution in [0.3, 0.4) is 0 Å². The van der Waals surface area contributed by atoms with Gasteiger partial charge in [0.1, 0.15) is 0 Å². The molecule has 0 aliphatic heterocycles. The van der Waals surface area contributed by atoms with E-state index in [0.29, 0.717) is 22.5 Å². The van der Waals surface area contributed by atoms with Crippen LogP contribution in [-0.2, 0) is 0 Å². The van der Waals surface area contributed by atoms with E-state index >= 15 is 0 Å². The van der Waals surface area contributed by atoms with E-state index in [9.17, 15) is 14.9 Å². The minimum absolute atomic E-state index is 0.0361. The average molecular weight is 347 g/mol. The van der Waals surface area contributed by atoms with Gasteiger partial charge >= 0.3 is 5.63 Å². The largest absolute Gasteiger partial charge is 0.493 e. The second kappa shape index (κ2) is 6.00. The molecule has 0 spiro atoms. The van der Waals surface area contributed by atoms with Crippen LogP contribution < -0.4 is 10.4 Å². The van der Waals surface area contributed by atoms with Gasteiger partial charge in [-0.05, 0) is 40.6 Å². The molecule has 4 rings (SSSR count). The maximum atomic E-state index is 12.5. The Labute approximate surface area is 147 Å². The lowest BCUT2D eigenvalue weighted by atomic mass is 10.0. The van der Waals surface area contributed by atoms with Crippen molar-refractivity contribution in [3.8, 4) is 16.9 Å². The maximum absolute atomic E-state index is 12.5. The van der Waals surface area contributed by atoms with Crippen LogP contribution in [0.15, 0.2) is 69.9 Å². The van der Waals surface area contributed by atoms with Crippen molar-refractivity contribution in [2.75, 3.05) is 7.11 Å². The third-order valence-electron chi connectivity index (χ3n) is 4.32. The van der Waals surface area contributed by atoms with Gasteiger partial charge in [0.2, 0.25) is 0 Å². The number of methoxy groups -OCH3 is 1. The van der Waals surface area contributed by atoms with Crippen LogP contribution in [0.5, 0.6) is 5.75 Å². The van der Waals surface area contributed by atoms with Gasteiger partial charge in [-0.3, -0.25) is 10.1 Å². The molecular formula is C20H13NO5. The molecule has 0 unspecified atom stereocenters. The van der Waals surface area contributed by atoms with Gasteiger partial charge in [0.05, 0.1) is 17.6 Å². The quantitative estimate of drug-likeness (QED) is 0.235. The first-order valence-corrected chi connectivity index (χ1v) is 7.87. The third kappa shape index (κ3) is 2.48. The number of benzene rings is 3. The first kappa shape index (κ1) is 15.8. The number of rotatable bonds is 3. The Morgan fingerprint density at radius 3 is 2.42 bits per heavy atom. The Kier molecular flexibility index (Phi) is 3.65. The molecule has 0 fully saturated rings. The highest BCUT2D eigenvalue weighted by Gasteiger charge is 2.15. The number of nitro benzene ring substituents is 1. The van der Waals surface area contributed by atoms with Gasteiger partial charge in [0.25, 0.3) is 5.69 Å². The summed E-state index contributed by atoms with van der Waals surface area (Å²) in [5.41, 5.74) is 0.705. The number of hydrogen-bond donors (Lipinski definition) is 0. The molecule has 0 bridgehead atoms. The van der Waals surface area contributed by atoms with Gasteiger partial charge in [-0.1, -0.05) is 24.3 Å². The van der Waals surface area contributed by atoms with Gasteiger partial charge in [-0.25, -0.2) is 4.79 Å². The molecule has 0 aliphatic carbocycles. The van der Waals surface area contributed by atoms with Crippen LogP contribution in [0.25, 0.3) is 32.9 Å². The van der Waals surface area contributed by atoms with Gasteiger partial charge in [-0.2, -0.15) is 0 Å². The van der Waals surface area contributed by atoms with Crippen LogP contribution in [0, 0.1) is 10.1 Å². The number of nitrogens with zero attached hydrogens (tertiary/aromatic N) is 1. The number of nitro groups is 1. The molecule has 0 radical (unpaired) electrons. The minimum Gasteiger partial charge on any atom is -0.493 e. The lowest BCUT2D eigenvalue weighted by molar-refractivity contribution is -0.384. The van der Waals surface area contributed by atoms with Crippen LogP contribution in [-0.4, -0.2) is 12.0 Å². The number of non-ortho nitro benzene ring substituents is 1. The van der Waals surface area contributed by atoms with Gasteiger partial charge < -0.3 is 9.15 Å². The predicted molar refractivity (Wildman–Crippen MR) is 98.6 cm³/mol. The third-order valence-corrected chi connectivity index (χ3v) is 4.32. The van der Waals surface area contributed by atoms with Crippen molar-refractivity contribution in [2.45, 2.75) is 0 Å². The highest BCUT2D eigenvalue weighted by Crippen LogP contribution is 2.34. The SMILES string of the molecule is COc1cc2ccccc2c2cc(-c3ccc([N+](=O)[O-])cc3)c(=O)oc12. The Bertz CT molecular complexity index is 1210. The Balaban J connectivity index is 2.02. The monoisotopic (exact) mass is 347 g/mol. The predicted octanol–water partition coefficient (Wildman–Crippen LogP) is 4.53. The highest BCUT2D eigenvalue weighted by atomic mass is 16.6. The van der Waals surface area contributed by atoms with Crippen LogP contribution >= 0.6 is 0 Å². The first-order chi connectivity index (χ1) is 12.6. The summed E-state index contributed by atoms with van der Waals surface area (Å²) >= 11 is 0. The summed E-state index contributed by atoms with van der Waals surface area (Å²) in [5.74, 6) is 0.478. The van der Waals surface area contributed by atoms with Gasteiger partial charge in [0, 0.05) is 17.5 Å². The standard InChI is InChI=1S/C20H13NO5/c1-25-18-10-13-4-2-3-5-15(13)17-11-16(20(22)26-19(17)18)12-6-8-14(9-7-12)21(23)24/h2-11H,1H3. The summed E-state index contributed by atoms with van der Waals surface area (Å²) in [6, 6.07) is 17.1. The summed E-state index contributed by atoms with van der Waals surface area (Å²) in [7, 11) is 1.52. The van der Waals surface area contributed by atoms with Crippen molar-refractivity contribution in [3.63, 3.8) is 0 Å². The molecule has 4 aromatic rings. The average Bonchev–Trinajstić information content (AvgIpc) is 2.67. The van der Waals surface area contributed by atoms with Gasteiger partial charge in [0.15, 0.2) is 11.3 Å². The molecule has 0 atom stereocenters. The summed E-state index contributed by atoms with van der Waals surface area (Å²) in [4.78, 5) is 22.8. The number of ether oxygens (including phenoxy) is 1. The Hall–Kier alpha value is -3.67. The molecule has 0 aliphatic rings. The van der Waals surface area contributed by atoms with Crippen molar-refractivity contribution >= 4 is 27.4 Å². The Morgan fingerprint density at radius 1 is 1.00 bits per heavy atom. The molecule has 0 saturated heterocycles. The lowest BCUT2D eigenvalue weighted by Crippen LogP contribution is -2.03. The zero-order valence-corrected chi connectivity index (χ0v) is 13.8. The van der Waals surface area contributed by atoms with Crippen LogP contribution in [0.1, 0.15) is 0 Å². The fourth-order valence-corrected chi connectivity index (χ4v) is 3.05. The van der Waals surface area contributed by atoms with Crippen LogP contribution in [0.2, 0.25) is 0 Å². The molecule has 6 heteroatoms. The zero-order valence-electron chi connectivity index (χ0n) is 13.8. The van der Waals surface area contributed by atoms with Crippen molar-refractivity contribution in [1.82, 2.24) is 0 Å². The molecule has 128 valence electrons. The van der Waals surface area contributed by atoms with E-state index in [1.165, 1.54) is 19.2 Å². The summed E-state index contributed by atoms with van der Waals surface area (Å²) in [6.45, 7) is 0. The van der Waals surface area contributed by atoms with E-state index in [-0.39, 0.29) is 5.69 Å². The molecular weight excluding hydrogens is 334 g/mol. The molecule has 6 nitrogen and oxygen atoms in total. The fourth-order valence-electron chi connectivity index (χ4n) is 3.05. The summed E-state index contributed by atoms with van der Waals surface area (Å²) in [5, 5.41) is 13.4. The van der Waals surface area contributed by atoms with E-state index in [0.717, 1.165) is 16.2 Å². The minimum atomic E-state index is -0.528. The molecule has 26 heavy (non-hydrogen) atoms. The topological polar surface area (TPSA) is 82.6 Å². The fraction of sp³-hybridized carbons (Fsp3) is 0.0500. The normalized spacial score (nSPS) is 11.0. The lowest BCUT2D eigenvalue weighted by Gasteiger charge is -2.09. The highest BCUT2D eigenvalue weighted by molar-refractivity contribution is 6.09. The first-order valence-electron chi connectivity index (χ1n) is 7.87. The second-order valence-corrected chi connectivity index (χ2v) is 5.79. The summed E-state index contributed by atoms with van der Waals surface area (Å²) in [6.07, 6.45) is 0. The van der Waals surface area contributed by atoms with Gasteiger partial charge in [-0.15, -0.1) is 0 Å². The molecule has 0 N–H and O–H groups in total.